The van der Waals surface area contributed by atoms with Gasteiger partial charge in [0.25, 0.3) is 0 Å². The molecule has 35 heavy (non-hydrogen) atoms. The summed E-state index contributed by atoms with van der Waals surface area (Å²) in [6, 6.07) is -3.36. The number of carboxylic acids is 3. The number of aliphatic carboxylic acids is 3. The zero-order valence-corrected chi connectivity index (χ0v) is 22.7. The van der Waals surface area contributed by atoms with E-state index in [1.165, 1.54) is 91.4 Å². The lowest BCUT2D eigenvalue weighted by atomic mass is 10.00. The predicted octanol–water partition coefficient (Wildman–Crippen LogP) is 6.65. The van der Waals surface area contributed by atoms with Gasteiger partial charge < -0.3 is 15.3 Å². The van der Waals surface area contributed by atoms with Crippen molar-refractivity contribution in [3.05, 3.63) is 12.2 Å². The predicted molar refractivity (Wildman–Crippen MR) is 140 cm³/mol. The Hall–Kier alpha value is -1.89. The van der Waals surface area contributed by atoms with Crippen LogP contribution in [0.25, 0.3) is 0 Å². The number of carbonyl (C=O) groups is 3. The fourth-order valence-electron chi connectivity index (χ4n) is 5.01. The third-order valence-corrected chi connectivity index (χ3v) is 7.54. The van der Waals surface area contributed by atoms with Crippen LogP contribution in [-0.2, 0) is 14.4 Å². The molecular weight excluding hydrogens is 446 g/mol. The van der Waals surface area contributed by atoms with Gasteiger partial charge in [-0.3, -0.25) is 4.48 Å². The Morgan fingerprint density at radius 2 is 0.886 bits per heavy atom. The van der Waals surface area contributed by atoms with E-state index in [0.717, 1.165) is 19.3 Å². The summed E-state index contributed by atoms with van der Waals surface area (Å²) in [4.78, 5) is 35.3. The van der Waals surface area contributed by atoms with Gasteiger partial charge in [-0.2, -0.15) is 0 Å². The Bertz CT molecular complexity index is 583. The average molecular weight is 499 g/mol. The molecule has 0 spiro atoms. The first-order chi connectivity index (χ1) is 16.6. The van der Waals surface area contributed by atoms with Crippen LogP contribution in [0, 0.1) is 0 Å². The van der Waals surface area contributed by atoms with Crippen molar-refractivity contribution in [1.82, 2.24) is 0 Å². The van der Waals surface area contributed by atoms with E-state index in [4.69, 9.17) is 0 Å². The average Bonchev–Trinajstić information content (AvgIpc) is 2.82. The van der Waals surface area contributed by atoms with Crippen LogP contribution in [0.4, 0.5) is 0 Å². The first-order valence-electron chi connectivity index (χ1n) is 13.8. The molecule has 0 saturated carbocycles. The van der Waals surface area contributed by atoms with Crippen LogP contribution < -0.4 is 0 Å². The van der Waals surface area contributed by atoms with Gasteiger partial charge in [-0.1, -0.05) is 76.9 Å². The van der Waals surface area contributed by atoms with Gasteiger partial charge in [0, 0.05) is 0 Å². The third kappa shape index (κ3) is 12.6. The number of allylic oxidation sites excluding steroid dienone is 2. The van der Waals surface area contributed by atoms with E-state index in [1.807, 2.05) is 0 Å². The molecular formula is C28H52NO6+. The second kappa shape index (κ2) is 19.3. The monoisotopic (exact) mass is 498 g/mol. The van der Waals surface area contributed by atoms with Gasteiger partial charge in [0.2, 0.25) is 0 Å². The second-order valence-corrected chi connectivity index (χ2v) is 10.1. The summed E-state index contributed by atoms with van der Waals surface area (Å²) in [5, 5.41) is 28.9. The number of nitrogens with zero attached hydrogens (tertiary/aromatic N) is 1. The molecule has 0 aliphatic carbocycles. The first kappa shape index (κ1) is 33.1. The lowest BCUT2D eigenvalue weighted by Gasteiger charge is -2.47. The normalized spacial score (nSPS) is 16.0. The molecule has 0 aromatic carbocycles. The molecule has 0 aromatic heterocycles. The Morgan fingerprint density at radius 1 is 0.571 bits per heavy atom. The fourth-order valence-corrected chi connectivity index (χ4v) is 5.01. The van der Waals surface area contributed by atoms with Gasteiger partial charge >= 0.3 is 17.9 Å². The minimum absolute atomic E-state index is 0.224. The van der Waals surface area contributed by atoms with E-state index >= 15 is 0 Å². The molecule has 0 fully saturated rings. The Kier molecular flexibility index (Phi) is 18.3. The summed E-state index contributed by atoms with van der Waals surface area (Å²) in [7, 11) is 0. The van der Waals surface area contributed by atoms with Gasteiger partial charge in [-0.25, -0.2) is 14.4 Å². The van der Waals surface area contributed by atoms with Crippen LogP contribution in [0.15, 0.2) is 12.2 Å². The SMILES string of the molecule is CCCCC/C=C/CCCCCCCCCCCC[N+](C(C)C(=O)O)(C(C)C(=O)O)C(C)C(=O)O. The van der Waals surface area contributed by atoms with Crippen molar-refractivity contribution in [1.29, 1.82) is 0 Å². The topological polar surface area (TPSA) is 112 Å². The molecule has 3 N–H and O–H groups in total. The maximum absolute atomic E-state index is 11.8. The summed E-state index contributed by atoms with van der Waals surface area (Å²) >= 11 is 0. The summed E-state index contributed by atoms with van der Waals surface area (Å²) in [6.45, 7) is 6.72. The van der Waals surface area contributed by atoms with Crippen LogP contribution in [0.1, 0.15) is 124 Å². The third-order valence-electron chi connectivity index (χ3n) is 7.54. The molecule has 0 radical (unpaired) electrons. The van der Waals surface area contributed by atoms with Gasteiger partial charge in [-0.05, 0) is 59.3 Å². The van der Waals surface area contributed by atoms with Gasteiger partial charge in [0.1, 0.15) is 0 Å². The van der Waals surface area contributed by atoms with Crippen LogP contribution in [0.2, 0.25) is 0 Å². The largest absolute Gasteiger partial charge is 0.477 e. The molecule has 0 saturated heterocycles. The minimum atomic E-state index is -1.17. The highest BCUT2D eigenvalue weighted by atomic mass is 16.4. The highest BCUT2D eigenvalue weighted by Crippen LogP contribution is 2.27. The molecule has 7 heteroatoms. The van der Waals surface area contributed by atoms with Crippen LogP contribution >= 0.6 is 0 Å². The van der Waals surface area contributed by atoms with Gasteiger partial charge in [0.15, 0.2) is 18.1 Å². The van der Waals surface area contributed by atoms with Gasteiger partial charge in [0.05, 0.1) is 6.54 Å². The van der Waals surface area contributed by atoms with Crippen molar-refractivity contribution in [2.75, 3.05) is 6.54 Å². The highest BCUT2D eigenvalue weighted by molar-refractivity contribution is 5.77. The number of hydrogen-bond donors (Lipinski definition) is 3. The standard InChI is InChI=1S/C28H51NO6/c1-5-6-7-8-9-10-11-12-13-14-15-16-17-18-19-20-21-22-29(23(2)26(30)31,24(3)27(32)33)25(4)28(34)35/h9-10,23-25H,5-8,11-22H2,1-4H3,(H2-,30,31,32,33,34,35)/p+1/b10-9+. The van der Waals surface area contributed by atoms with E-state index in [9.17, 15) is 29.7 Å². The van der Waals surface area contributed by atoms with Crippen molar-refractivity contribution >= 4 is 17.9 Å². The Morgan fingerprint density at radius 3 is 1.23 bits per heavy atom. The smallest absolute Gasteiger partial charge is 0.362 e. The van der Waals surface area contributed by atoms with Crippen molar-refractivity contribution in [2.45, 2.75) is 142 Å². The van der Waals surface area contributed by atoms with E-state index in [0.29, 0.717) is 6.42 Å². The zero-order chi connectivity index (χ0) is 26.7. The molecule has 7 nitrogen and oxygen atoms in total. The highest BCUT2D eigenvalue weighted by Gasteiger charge is 2.52. The van der Waals surface area contributed by atoms with Crippen molar-refractivity contribution in [2.24, 2.45) is 0 Å². The Labute approximate surface area is 213 Å². The maximum Gasteiger partial charge on any atom is 0.362 e. The molecule has 0 rings (SSSR count). The molecule has 3 unspecified atom stereocenters. The molecule has 0 aliphatic rings. The second-order valence-electron chi connectivity index (χ2n) is 10.1. The summed E-state index contributed by atoms with van der Waals surface area (Å²) < 4.78 is -0.478. The maximum atomic E-state index is 11.8. The van der Waals surface area contributed by atoms with E-state index in [2.05, 4.69) is 19.1 Å². The molecule has 0 amide bonds. The first-order valence-corrected chi connectivity index (χ1v) is 13.8. The molecule has 3 atom stereocenters. The molecule has 0 heterocycles. The molecule has 0 bridgehead atoms. The van der Waals surface area contributed by atoms with Crippen molar-refractivity contribution in [3.8, 4) is 0 Å². The fraction of sp³-hybridized carbons (Fsp3) is 0.821. The number of hydrogen-bond acceptors (Lipinski definition) is 3. The van der Waals surface area contributed by atoms with Crippen molar-refractivity contribution < 1.29 is 34.2 Å². The lowest BCUT2D eigenvalue weighted by Crippen LogP contribution is -2.70. The number of quaternary nitrogens is 1. The number of carboxylic acid groups (broad SMARTS) is 3. The van der Waals surface area contributed by atoms with Crippen LogP contribution in [0.3, 0.4) is 0 Å². The summed E-state index contributed by atoms with van der Waals surface area (Å²) in [6.07, 6.45) is 22.0. The number of rotatable bonds is 23. The van der Waals surface area contributed by atoms with Gasteiger partial charge in [-0.15, -0.1) is 0 Å². The van der Waals surface area contributed by atoms with E-state index < -0.39 is 40.5 Å². The summed E-state index contributed by atoms with van der Waals surface area (Å²) in [5.41, 5.74) is 0. The van der Waals surface area contributed by atoms with E-state index in [1.54, 1.807) is 0 Å². The quantitative estimate of drug-likeness (QED) is 0.0826. The molecule has 0 aromatic rings. The number of unbranched alkanes of at least 4 members (excludes halogenated alkanes) is 13. The molecule has 0 aliphatic heterocycles. The van der Waals surface area contributed by atoms with Crippen LogP contribution in [0.5, 0.6) is 0 Å². The lowest BCUT2D eigenvalue weighted by molar-refractivity contribution is -0.968. The molecule has 204 valence electrons. The Balaban J connectivity index is 4.27. The summed E-state index contributed by atoms with van der Waals surface area (Å²) in [5.74, 6) is -3.52. The van der Waals surface area contributed by atoms with Crippen molar-refractivity contribution in [3.63, 3.8) is 0 Å². The van der Waals surface area contributed by atoms with E-state index in [-0.39, 0.29) is 6.54 Å². The minimum Gasteiger partial charge on any atom is -0.477 e. The zero-order valence-electron chi connectivity index (χ0n) is 22.7. The van der Waals surface area contributed by atoms with Crippen LogP contribution in [-0.4, -0.2) is 62.4 Å².